The summed E-state index contributed by atoms with van der Waals surface area (Å²) < 4.78 is 2.11. The molecule has 0 aliphatic carbocycles. The molecule has 0 aliphatic heterocycles. The third kappa shape index (κ3) is 2.57. The van der Waals surface area contributed by atoms with Crippen molar-refractivity contribution in [3.63, 3.8) is 0 Å². The molecule has 2 heterocycles. The fourth-order valence-corrected chi connectivity index (χ4v) is 2.87. The molecule has 2 aromatic heterocycles. The van der Waals surface area contributed by atoms with E-state index < -0.39 is 0 Å². The quantitative estimate of drug-likeness (QED) is 0.434. The van der Waals surface area contributed by atoms with Crippen LogP contribution >= 0.6 is 12.2 Å². The highest BCUT2D eigenvalue weighted by Gasteiger charge is 2.08. The number of aromatic amines is 2. The maximum Gasteiger partial charge on any atom is 0.216 e. The lowest BCUT2D eigenvalue weighted by atomic mass is 10.1. The summed E-state index contributed by atoms with van der Waals surface area (Å²) in [6, 6.07) is 16.2. The number of benzene rings is 2. The Labute approximate surface area is 143 Å². The van der Waals surface area contributed by atoms with Crippen molar-refractivity contribution in [2.24, 2.45) is 5.10 Å². The van der Waals surface area contributed by atoms with Crippen LogP contribution < -0.4 is 0 Å². The van der Waals surface area contributed by atoms with Gasteiger partial charge in [0.15, 0.2) is 5.82 Å². The van der Waals surface area contributed by atoms with Gasteiger partial charge in [-0.25, -0.2) is 5.10 Å². The molecule has 0 saturated heterocycles. The van der Waals surface area contributed by atoms with E-state index in [0.29, 0.717) is 10.6 Å². The molecule has 0 unspecified atom stereocenters. The zero-order valence-electron chi connectivity index (χ0n) is 13.0. The first-order valence-electron chi connectivity index (χ1n) is 7.57. The number of para-hydroxylation sites is 1. The second kappa shape index (κ2) is 5.90. The smallest absolute Gasteiger partial charge is 0.216 e. The number of aryl methyl sites for hydroxylation is 1. The standard InChI is InChI=1S/C18H15N5S/c1-12-5-4-6-13(9-12)17-21-22-18(24)23(17)20-11-14-10-19-16-8-3-2-7-15(14)16/h2-11,19H,1H3,(H,22,24)/b20-11+. The van der Waals surface area contributed by atoms with E-state index in [4.69, 9.17) is 12.2 Å². The summed E-state index contributed by atoms with van der Waals surface area (Å²) >= 11 is 5.32. The average Bonchev–Trinajstić information content (AvgIpc) is 3.16. The van der Waals surface area contributed by atoms with E-state index in [1.807, 2.05) is 49.5 Å². The molecular weight excluding hydrogens is 318 g/mol. The highest BCUT2D eigenvalue weighted by atomic mass is 32.1. The molecule has 0 bridgehead atoms. The van der Waals surface area contributed by atoms with Crippen molar-refractivity contribution in [2.45, 2.75) is 6.92 Å². The Balaban J connectivity index is 1.78. The number of nitrogens with one attached hydrogen (secondary N) is 2. The van der Waals surface area contributed by atoms with Crippen LogP contribution in [0, 0.1) is 11.7 Å². The van der Waals surface area contributed by atoms with Crippen molar-refractivity contribution in [3.8, 4) is 11.4 Å². The van der Waals surface area contributed by atoms with Gasteiger partial charge in [0, 0.05) is 28.2 Å². The second-order valence-electron chi connectivity index (χ2n) is 5.57. The van der Waals surface area contributed by atoms with Crippen molar-refractivity contribution >= 4 is 29.3 Å². The number of hydrogen-bond donors (Lipinski definition) is 2. The topological polar surface area (TPSA) is 61.8 Å². The largest absolute Gasteiger partial charge is 0.361 e. The SMILES string of the molecule is Cc1cccc(-c2n[nH]c(=S)n2/N=C/c2c[nH]c3ccccc23)c1. The van der Waals surface area contributed by atoms with Crippen LogP contribution in [0.1, 0.15) is 11.1 Å². The highest BCUT2D eigenvalue weighted by molar-refractivity contribution is 7.71. The Morgan fingerprint density at radius 3 is 2.92 bits per heavy atom. The summed E-state index contributed by atoms with van der Waals surface area (Å²) in [5.41, 5.74) is 4.21. The maximum atomic E-state index is 5.32. The molecule has 2 aromatic carbocycles. The van der Waals surface area contributed by atoms with Gasteiger partial charge in [-0.3, -0.25) is 0 Å². The van der Waals surface area contributed by atoms with Gasteiger partial charge in [-0.2, -0.15) is 14.9 Å². The van der Waals surface area contributed by atoms with Crippen LogP contribution in [0.15, 0.2) is 59.8 Å². The molecule has 6 heteroatoms. The molecule has 0 atom stereocenters. The lowest BCUT2D eigenvalue weighted by Crippen LogP contribution is -1.95. The fraction of sp³-hybridized carbons (Fsp3) is 0.0556. The summed E-state index contributed by atoms with van der Waals surface area (Å²) in [5.74, 6) is 0.694. The minimum absolute atomic E-state index is 0.461. The second-order valence-corrected chi connectivity index (χ2v) is 5.95. The van der Waals surface area contributed by atoms with Crippen LogP contribution in [0.4, 0.5) is 0 Å². The first-order chi connectivity index (χ1) is 11.7. The van der Waals surface area contributed by atoms with Crippen LogP contribution in [0.5, 0.6) is 0 Å². The van der Waals surface area contributed by atoms with Crippen LogP contribution in [0.3, 0.4) is 0 Å². The number of fused-ring (bicyclic) bond motifs is 1. The molecular formula is C18H15N5S. The summed E-state index contributed by atoms with van der Waals surface area (Å²) in [7, 11) is 0. The molecule has 0 fully saturated rings. The van der Waals surface area contributed by atoms with E-state index in [1.54, 1.807) is 10.9 Å². The molecule has 0 spiro atoms. The predicted octanol–water partition coefficient (Wildman–Crippen LogP) is 4.28. The predicted molar refractivity (Wildman–Crippen MR) is 98.9 cm³/mol. The lowest BCUT2D eigenvalue weighted by molar-refractivity contribution is 0.871. The number of nitrogens with zero attached hydrogens (tertiary/aromatic N) is 3. The van der Waals surface area contributed by atoms with Gasteiger partial charge in [0.05, 0.1) is 6.21 Å². The molecule has 0 saturated carbocycles. The highest BCUT2D eigenvalue weighted by Crippen LogP contribution is 2.19. The Morgan fingerprint density at radius 2 is 2.04 bits per heavy atom. The van der Waals surface area contributed by atoms with Gasteiger partial charge in [-0.1, -0.05) is 42.0 Å². The van der Waals surface area contributed by atoms with Gasteiger partial charge in [-0.15, -0.1) is 0 Å². The summed E-state index contributed by atoms with van der Waals surface area (Å²) in [6.07, 6.45) is 3.73. The molecule has 0 radical (unpaired) electrons. The Hall–Kier alpha value is -2.99. The van der Waals surface area contributed by atoms with E-state index in [1.165, 1.54) is 0 Å². The first kappa shape index (κ1) is 14.6. The average molecular weight is 333 g/mol. The van der Waals surface area contributed by atoms with Gasteiger partial charge in [0.1, 0.15) is 0 Å². The van der Waals surface area contributed by atoms with E-state index in [0.717, 1.165) is 27.6 Å². The van der Waals surface area contributed by atoms with Gasteiger partial charge >= 0.3 is 0 Å². The zero-order chi connectivity index (χ0) is 16.5. The van der Waals surface area contributed by atoms with E-state index in [-0.39, 0.29) is 0 Å². The van der Waals surface area contributed by atoms with E-state index in [9.17, 15) is 0 Å². The molecule has 5 nitrogen and oxygen atoms in total. The van der Waals surface area contributed by atoms with E-state index >= 15 is 0 Å². The maximum absolute atomic E-state index is 5.32. The fourth-order valence-electron chi connectivity index (χ4n) is 2.69. The third-order valence-corrected chi connectivity index (χ3v) is 4.12. The Kier molecular flexibility index (Phi) is 3.59. The monoisotopic (exact) mass is 333 g/mol. The Morgan fingerprint density at radius 1 is 1.17 bits per heavy atom. The minimum atomic E-state index is 0.461. The van der Waals surface area contributed by atoms with Crippen LogP contribution in [-0.4, -0.2) is 26.1 Å². The van der Waals surface area contributed by atoms with Crippen LogP contribution in [-0.2, 0) is 0 Å². The minimum Gasteiger partial charge on any atom is -0.361 e. The molecule has 2 N–H and O–H groups in total. The van der Waals surface area contributed by atoms with Crippen molar-refractivity contribution in [2.75, 3.05) is 0 Å². The van der Waals surface area contributed by atoms with Gasteiger partial charge < -0.3 is 4.98 Å². The summed E-state index contributed by atoms with van der Waals surface area (Å²) in [4.78, 5) is 3.24. The first-order valence-corrected chi connectivity index (χ1v) is 7.98. The van der Waals surface area contributed by atoms with Crippen molar-refractivity contribution in [3.05, 3.63) is 70.6 Å². The molecule has 0 aliphatic rings. The van der Waals surface area contributed by atoms with Gasteiger partial charge in [-0.05, 0) is 31.3 Å². The number of hydrogen-bond acceptors (Lipinski definition) is 3. The van der Waals surface area contributed by atoms with Gasteiger partial charge in [0.25, 0.3) is 0 Å². The number of rotatable bonds is 3. The molecule has 4 aromatic rings. The van der Waals surface area contributed by atoms with Crippen LogP contribution in [0.25, 0.3) is 22.3 Å². The summed E-state index contributed by atoms with van der Waals surface area (Å²) in [6.45, 7) is 2.05. The van der Waals surface area contributed by atoms with Crippen molar-refractivity contribution < 1.29 is 0 Å². The zero-order valence-corrected chi connectivity index (χ0v) is 13.8. The van der Waals surface area contributed by atoms with Crippen molar-refractivity contribution in [1.82, 2.24) is 19.9 Å². The molecule has 4 rings (SSSR count). The molecule has 118 valence electrons. The number of H-pyrrole nitrogens is 2. The normalized spacial score (nSPS) is 11.5. The van der Waals surface area contributed by atoms with Gasteiger partial charge in [0.2, 0.25) is 4.77 Å². The van der Waals surface area contributed by atoms with Crippen LogP contribution in [0.2, 0.25) is 0 Å². The number of aromatic nitrogens is 4. The van der Waals surface area contributed by atoms with Crippen molar-refractivity contribution in [1.29, 1.82) is 0 Å². The van der Waals surface area contributed by atoms with E-state index in [2.05, 4.69) is 32.4 Å². The third-order valence-electron chi connectivity index (χ3n) is 3.86. The lowest BCUT2D eigenvalue weighted by Gasteiger charge is -2.01. The summed E-state index contributed by atoms with van der Waals surface area (Å²) in [5, 5.41) is 12.8. The Bertz CT molecular complexity index is 1100. The molecule has 24 heavy (non-hydrogen) atoms. The molecule has 0 amide bonds.